The van der Waals surface area contributed by atoms with Crippen LogP contribution in [0, 0.1) is 28.6 Å². The number of allylic oxidation sites excluding steroid dienone is 2. The first-order valence-corrected chi connectivity index (χ1v) is 8.09. The first-order chi connectivity index (χ1) is 11.6. The minimum atomic E-state index is -0.766. The van der Waals surface area contributed by atoms with Gasteiger partial charge in [0.05, 0.1) is 0 Å². The third kappa shape index (κ3) is 1.71. The number of hydrogen-bond acceptors (Lipinski definition) is 2. The van der Waals surface area contributed by atoms with Crippen molar-refractivity contribution in [3.63, 3.8) is 0 Å². The predicted octanol–water partition coefficient (Wildman–Crippen LogP) is 4.09. The van der Waals surface area contributed by atoms with Crippen LogP contribution in [0.2, 0.25) is 0 Å². The predicted molar refractivity (Wildman–Crippen MR) is 81.7 cm³/mol. The molecule has 21 heavy (non-hydrogen) atoms. The van der Waals surface area contributed by atoms with Crippen molar-refractivity contribution in [2.24, 2.45) is 28.6 Å². The summed E-state index contributed by atoms with van der Waals surface area (Å²) in [5.74, 6) is -1.56. The van der Waals surface area contributed by atoms with Crippen LogP contribution in [0.5, 0.6) is 0 Å². The molecule has 0 amide bonds. The van der Waals surface area contributed by atoms with Crippen LogP contribution >= 0.6 is 0 Å². The van der Waals surface area contributed by atoms with Crippen molar-refractivity contribution in [3.05, 3.63) is 11.6 Å². The Balaban J connectivity index is 1.85. The second-order valence-electron chi connectivity index (χ2n) is 7.76. The Morgan fingerprint density at radius 2 is 2.14 bits per heavy atom. The molecule has 4 aliphatic carbocycles. The first kappa shape index (κ1) is 9.97. The highest BCUT2D eigenvalue weighted by Gasteiger charge is 2.60. The second-order valence-corrected chi connectivity index (χ2v) is 7.76. The lowest BCUT2D eigenvalue weighted by molar-refractivity contribution is -0.139. The zero-order chi connectivity index (χ0) is 18.3. The molecule has 0 aromatic carbocycles. The highest BCUT2D eigenvalue weighted by atomic mass is 16.2. The van der Waals surface area contributed by atoms with Gasteiger partial charge in [-0.05, 0) is 67.5 Å². The first-order valence-electron chi connectivity index (χ1n) is 10.4. The standard InChI is InChI=1S/C19H26O2/c1-18-10-8-14-13(16(18)17(21)15(20)11-18)7-6-12-5-3-4-9-19(12,14)2/h5,13-14,16H,3-4,6-11H2,1-2H3/t13-,14+,16-,18-,19+/m1/s1/i4T,6T,7T,9T/t4?,6?,7?,9?,13-,14+,16-,18-,19+. The summed E-state index contributed by atoms with van der Waals surface area (Å²) >= 11 is 0. The van der Waals surface area contributed by atoms with E-state index in [0.29, 0.717) is 6.42 Å². The Kier molecular flexibility index (Phi) is 2.04. The van der Waals surface area contributed by atoms with Gasteiger partial charge in [0.15, 0.2) is 5.78 Å². The van der Waals surface area contributed by atoms with E-state index < -0.39 is 42.3 Å². The molecule has 4 aliphatic rings. The van der Waals surface area contributed by atoms with Crippen molar-refractivity contribution in [1.29, 1.82) is 0 Å². The van der Waals surface area contributed by atoms with Crippen molar-refractivity contribution in [1.82, 2.24) is 0 Å². The number of carbonyl (C=O) groups is 2. The fraction of sp³-hybridized carbons (Fsp3) is 0.789. The van der Waals surface area contributed by atoms with Crippen molar-refractivity contribution in [2.75, 3.05) is 0 Å². The number of carbonyl (C=O) groups excluding carboxylic acids is 2. The molecule has 3 saturated carbocycles. The minimum absolute atomic E-state index is 0.0635. The SMILES string of the molecule is [3H]C1CC=C2C([3H])C([3H])[C@H]3[C@@H]4C(=O)C(=O)C[C@@]4(C)CC[C@@H]3[C@@]2(C)C1[3H]. The Hall–Kier alpha value is -0.920. The Labute approximate surface area is 133 Å². The number of hydrogen-bond donors (Lipinski definition) is 0. The van der Waals surface area contributed by atoms with Gasteiger partial charge < -0.3 is 0 Å². The largest absolute Gasteiger partial charge is 0.291 e. The van der Waals surface area contributed by atoms with Crippen LogP contribution in [0.15, 0.2) is 11.6 Å². The average molecular weight is 294 g/mol. The smallest absolute Gasteiger partial charge is 0.202 e. The zero-order valence-electron chi connectivity index (χ0n) is 16.8. The third-order valence-electron chi connectivity index (χ3n) is 6.58. The topological polar surface area (TPSA) is 34.1 Å². The molecule has 0 saturated heterocycles. The van der Waals surface area contributed by atoms with Crippen LogP contribution in [0.25, 0.3) is 0 Å². The summed E-state index contributed by atoms with van der Waals surface area (Å²) in [7, 11) is 0. The lowest BCUT2D eigenvalue weighted by Crippen LogP contribution is -2.50. The van der Waals surface area contributed by atoms with E-state index in [9.17, 15) is 9.59 Å². The molecule has 0 N–H and O–H groups in total. The molecule has 4 rings (SSSR count). The molecule has 0 heterocycles. The molecule has 4 unspecified atom stereocenters. The summed E-state index contributed by atoms with van der Waals surface area (Å²) in [5, 5.41) is 0. The summed E-state index contributed by atoms with van der Waals surface area (Å²) in [4.78, 5) is 24.8. The van der Waals surface area contributed by atoms with Crippen LogP contribution in [0.3, 0.4) is 0 Å². The Morgan fingerprint density at radius 3 is 2.95 bits per heavy atom. The zero-order valence-corrected chi connectivity index (χ0v) is 12.8. The van der Waals surface area contributed by atoms with Crippen molar-refractivity contribution < 1.29 is 15.1 Å². The summed E-state index contributed by atoms with van der Waals surface area (Å²) in [6, 6.07) is 0. The van der Waals surface area contributed by atoms with Gasteiger partial charge in [0.25, 0.3) is 0 Å². The molecule has 0 aromatic heterocycles. The van der Waals surface area contributed by atoms with Crippen LogP contribution in [-0.2, 0) is 9.59 Å². The van der Waals surface area contributed by atoms with E-state index in [1.54, 1.807) is 0 Å². The van der Waals surface area contributed by atoms with Crippen LogP contribution in [0.4, 0.5) is 0 Å². The number of rotatable bonds is 0. The molecular weight excluding hydrogens is 260 g/mol. The molecule has 2 nitrogen and oxygen atoms in total. The molecule has 0 bridgehead atoms. The monoisotopic (exact) mass is 294 g/mol. The van der Waals surface area contributed by atoms with E-state index >= 15 is 0 Å². The van der Waals surface area contributed by atoms with E-state index in [1.807, 2.05) is 19.9 Å². The normalized spacial score (nSPS) is 66.0. The van der Waals surface area contributed by atoms with Crippen molar-refractivity contribution >= 4 is 11.6 Å². The van der Waals surface area contributed by atoms with Crippen LogP contribution in [0.1, 0.15) is 70.6 Å². The lowest BCUT2D eigenvalue weighted by Gasteiger charge is -2.56. The molecular formula is C19H26O2. The quantitative estimate of drug-likeness (QED) is 0.498. The van der Waals surface area contributed by atoms with Crippen LogP contribution < -0.4 is 0 Å². The molecule has 0 radical (unpaired) electrons. The Bertz CT molecular complexity index is 676. The van der Waals surface area contributed by atoms with E-state index in [-0.39, 0.29) is 29.8 Å². The van der Waals surface area contributed by atoms with E-state index in [4.69, 9.17) is 5.48 Å². The maximum absolute atomic E-state index is 12.7. The van der Waals surface area contributed by atoms with Gasteiger partial charge in [-0.2, -0.15) is 0 Å². The van der Waals surface area contributed by atoms with Gasteiger partial charge in [0, 0.05) is 17.8 Å². The molecule has 3 fully saturated rings. The number of fused-ring (bicyclic) bond motifs is 5. The molecule has 2 heteroatoms. The summed E-state index contributed by atoms with van der Waals surface area (Å²) < 4.78 is 34.3. The van der Waals surface area contributed by atoms with E-state index in [2.05, 4.69) is 0 Å². The fourth-order valence-corrected chi connectivity index (χ4v) is 5.42. The van der Waals surface area contributed by atoms with Gasteiger partial charge in [-0.15, -0.1) is 0 Å². The summed E-state index contributed by atoms with van der Waals surface area (Å²) in [6.45, 7) is 3.97. The van der Waals surface area contributed by atoms with Gasteiger partial charge in [-0.25, -0.2) is 0 Å². The average Bonchev–Trinajstić information content (AvgIpc) is 2.79. The van der Waals surface area contributed by atoms with Gasteiger partial charge in [-0.1, -0.05) is 25.5 Å². The van der Waals surface area contributed by atoms with Gasteiger partial charge in [0.1, 0.15) is 0 Å². The van der Waals surface area contributed by atoms with Crippen molar-refractivity contribution in [3.8, 4) is 0 Å². The Morgan fingerprint density at radius 1 is 1.33 bits per heavy atom. The number of ketones is 2. The summed E-state index contributed by atoms with van der Waals surface area (Å²) in [6.07, 6.45) is 1.51. The highest BCUT2D eigenvalue weighted by molar-refractivity contribution is 6.40. The maximum atomic E-state index is 12.7. The molecule has 0 aliphatic heterocycles. The van der Waals surface area contributed by atoms with Crippen molar-refractivity contribution in [2.45, 2.75) is 65.1 Å². The highest BCUT2D eigenvalue weighted by Crippen LogP contribution is 2.64. The van der Waals surface area contributed by atoms with E-state index in [1.165, 1.54) is 0 Å². The van der Waals surface area contributed by atoms with Crippen LogP contribution in [-0.4, -0.2) is 11.6 Å². The minimum Gasteiger partial charge on any atom is -0.291 e. The second kappa shape index (κ2) is 4.30. The summed E-state index contributed by atoms with van der Waals surface area (Å²) in [5.41, 5.74) is -0.192. The molecule has 0 aromatic rings. The van der Waals surface area contributed by atoms with Gasteiger partial charge >= 0.3 is 0 Å². The lowest BCUT2D eigenvalue weighted by atomic mass is 9.47. The van der Waals surface area contributed by atoms with E-state index in [0.717, 1.165) is 18.4 Å². The molecule has 0 spiro atoms. The van der Waals surface area contributed by atoms with Gasteiger partial charge in [0.2, 0.25) is 5.78 Å². The van der Waals surface area contributed by atoms with Gasteiger partial charge in [-0.3, -0.25) is 9.59 Å². The maximum Gasteiger partial charge on any atom is 0.202 e. The fourth-order valence-electron chi connectivity index (χ4n) is 5.42. The number of Topliss-reactive ketones (excluding diaryl/α,β-unsaturated/α-hetero) is 2. The molecule has 9 atom stereocenters. The third-order valence-corrected chi connectivity index (χ3v) is 6.58. The molecule has 114 valence electrons.